The van der Waals surface area contributed by atoms with Gasteiger partial charge < -0.3 is 10.7 Å². The Balaban J connectivity index is 2.11. The molecule has 2 aromatic rings. The van der Waals surface area contributed by atoms with Crippen molar-refractivity contribution >= 4 is 16.0 Å². The molecule has 0 saturated heterocycles. The molecular formula is C8H10N6O2S. The molecule has 0 bridgehead atoms. The van der Waals surface area contributed by atoms with E-state index in [0.717, 1.165) is 12.4 Å². The van der Waals surface area contributed by atoms with Crippen molar-refractivity contribution in [2.24, 2.45) is 0 Å². The number of aromatic nitrogens is 4. The van der Waals surface area contributed by atoms with Crippen LogP contribution in [0.2, 0.25) is 0 Å². The topological polar surface area (TPSA) is 127 Å². The predicted molar refractivity (Wildman–Crippen MR) is 59.1 cm³/mol. The first-order valence-electron chi connectivity index (χ1n) is 4.62. The van der Waals surface area contributed by atoms with Gasteiger partial charge in [-0.2, -0.15) is 0 Å². The molecule has 0 radical (unpaired) electrons. The molecule has 0 unspecified atom stereocenters. The summed E-state index contributed by atoms with van der Waals surface area (Å²) < 4.78 is 25.9. The van der Waals surface area contributed by atoms with Gasteiger partial charge in [0, 0.05) is 11.9 Å². The van der Waals surface area contributed by atoms with Crippen molar-refractivity contribution in [2.75, 3.05) is 5.73 Å². The van der Waals surface area contributed by atoms with Crippen LogP contribution >= 0.6 is 0 Å². The summed E-state index contributed by atoms with van der Waals surface area (Å²) in [6, 6.07) is 0. The van der Waals surface area contributed by atoms with Gasteiger partial charge in [0.05, 0.1) is 25.3 Å². The average molecular weight is 254 g/mol. The van der Waals surface area contributed by atoms with Crippen LogP contribution in [0.5, 0.6) is 0 Å². The van der Waals surface area contributed by atoms with Gasteiger partial charge in [-0.05, 0) is 0 Å². The van der Waals surface area contributed by atoms with E-state index in [-0.39, 0.29) is 17.4 Å². The number of sulfonamides is 1. The van der Waals surface area contributed by atoms with Crippen LogP contribution in [0.15, 0.2) is 29.8 Å². The lowest BCUT2D eigenvalue weighted by Crippen LogP contribution is -2.23. The van der Waals surface area contributed by atoms with Gasteiger partial charge in [0.2, 0.25) is 16.0 Å². The number of nitrogens with zero attached hydrogens (tertiary/aromatic N) is 3. The highest BCUT2D eigenvalue weighted by Gasteiger charge is 2.14. The Morgan fingerprint density at radius 2 is 2.00 bits per heavy atom. The zero-order valence-electron chi connectivity index (χ0n) is 8.66. The van der Waals surface area contributed by atoms with Crippen molar-refractivity contribution in [2.45, 2.75) is 11.4 Å². The first kappa shape index (κ1) is 11.5. The van der Waals surface area contributed by atoms with Gasteiger partial charge in [0.15, 0.2) is 0 Å². The van der Waals surface area contributed by atoms with Gasteiger partial charge in [-0.3, -0.25) is 0 Å². The summed E-state index contributed by atoms with van der Waals surface area (Å²) >= 11 is 0. The fourth-order valence-corrected chi connectivity index (χ4v) is 2.00. The highest BCUT2D eigenvalue weighted by molar-refractivity contribution is 7.89. The summed E-state index contributed by atoms with van der Waals surface area (Å²) in [6.07, 6.45) is 5.30. The van der Waals surface area contributed by atoms with Crippen LogP contribution in [0, 0.1) is 0 Å². The van der Waals surface area contributed by atoms with Crippen molar-refractivity contribution in [3.05, 3.63) is 30.6 Å². The van der Waals surface area contributed by atoms with E-state index in [9.17, 15) is 8.42 Å². The molecule has 0 aromatic carbocycles. The second-order valence-corrected chi connectivity index (χ2v) is 4.95. The van der Waals surface area contributed by atoms with E-state index in [2.05, 4.69) is 24.7 Å². The van der Waals surface area contributed by atoms with Crippen molar-refractivity contribution < 1.29 is 8.42 Å². The smallest absolute Gasteiger partial charge is 0.243 e. The Bertz CT molecular complexity index is 577. The zero-order valence-corrected chi connectivity index (χ0v) is 9.48. The lowest BCUT2D eigenvalue weighted by atomic mass is 10.5. The molecule has 0 saturated carbocycles. The molecule has 2 rings (SSSR count). The lowest BCUT2D eigenvalue weighted by Gasteiger charge is -2.04. The molecule has 2 aromatic heterocycles. The largest absolute Gasteiger partial charge is 0.368 e. The van der Waals surface area contributed by atoms with Crippen LogP contribution in [0.25, 0.3) is 0 Å². The molecule has 0 fully saturated rings. The Morgan fingerprint density at radius 3 is 2.59 bits per heavy atom. The zero-order chi connectivity index (χ0) is 12.3. The third-order valence-corrected chi connectivity index (χ3v) is 3.32. The summed E-state index contributed by atoms with van der Waals surface area (Å²) in [6.45, 7) is 0.118. The van der Waals surface area contributed by atoms with Crippen LogP contribution in [-0.4, -0.2) is 28.4 Å². The number of nitrogens with two attached hydrogens (primary N) is 1. The molecule has 90 valence electrons. The number of aromatic amines is 1. The minimum Gasteiger partial charge on any atom is -0.368 e. The highest BCUT2D eigenvalue weighted by Crippen LogP contribution is 2.06. The maximum Gasteiger partial charge on any atom is 0.243 e. The minimum atomic E-state index is -3.63. The maximum atomic E-state index is 11.8. The Hall–Kier alpha value is -2.00. The molecule has 0 aliphatic carbocycles. The van der Waals surface area contributed by atoms with E-state index in [4.69, 9.17) is 5.73 Å². The molecular weight excluding hydrogens is 244 g/mol. The molecule has 8 nitrogen and oxygen atoms in total. The van der Waals surface area contributed by atoms with Crippen LogP contribution in [0.4, 0.5) is 5.95 Å². The number of imidazole rings is 1. The number of rotatable bonds is 4. The van der Waals surface area contributed by atoms with Crippen molar-refractivity contribution in [1.82, 2.24) is 24.7 Å². The number of H-pyrrole nitrogens is 1. The molecule has 9 heteroatoms. The fourth-order valence-electron chi connectivity index (χ4n) is 1.10. The Kier molecular flexibility index (Phi) is 3.02. The molecule has 17 heavy (non-hydrogen) atoms. The second-order valence-electron chi connectivity index (χ2n) is 3.18. The molecule has 0 spiro atoms. The van der Waals surface area contributed by atoms with Crippen molar-refractivity contribution in [3.63, 3.8) is 0 Å². The van der Waals surface area contributed by atoms with Crippen LogP contribution in [-0.2, 0) is 16.6 Å². The maximum absolute atomic E-state index is 11.8. The molecule has 2 heterocycles. The van der Waals surface area contributed by atoms with Gasteiger partial charge in [0.25, 0.3) is 0 Å². The first-order valence-corrected chi connectivity index (χ1v) is 6.11. The van der Waals surface area contributed by atoms with E-state index < -0.39 is 10.0 Å². The summed E-state index contributed by atoms with van der Waals surface area (Å²) in [5.74, 6) is 0.0255. The van der Waals surface area contributed by atoms with E-state index in [1.54, 1.807) is 0 Å². The fraction of sp³-hybridized carbons (Fsp3) is 0.125. The van der Waals surface area contributed by atoms with Gasteiger partial charge in [-0.1, -0.05) is 0 Å². The van der Waals surface area contributed by atoms with E-state index in [1.165, 1.54) is 12.5 Å². The number of nitrogen functional groups attached to an aromatic ring is 1. The SMILES string of the molecule is Nc1ncc(S(=O)(=O)NCc2cnc[nH]2)cn1. The van der Waals surface area contributed by atoms with Crippen molar-refractivity contribution in [1.29, 1.82) is 0 Å². The molecule has 0 atom stereocenters. The van der Waals surface area contributed by atoms with Gasteiger partial charge >= 0.3 is 0 Å². The van der Waals surface area contributed by atoms with E-state index in [0.29, 0.717) is 5.69 Å². The normalized spacial score (nSPS) is 11.5. The molecule has 4 N–H and O–H groups in total. The number of hydrogen-bond acceptors (Lipinski definition) is 6. The third-order valence-electron chi connectivity index (χ3n) is 1.97. The highest BCUT2D eigenvalue weighted by atomic mass is 32.2. The average Bonchev–Trinajstić information content (AvgIpc) is 2.80. The third kappa shape index (κ3) is 2.77. The van der Waals surface area contributed by atoms with Gasteiger partial charge in [-0.15, -0.1) is 0 Å². The minimum absolute atomic E-state index is 0.0255. The second kappa shape index (κ2) is 4.47. The van der Waals surface area contributed by atoms with Crippen molar-refractivity contribution in [3.8, 4) is 0 Å². The van der Waals surface area contributed by atoms with Gasteiger partial charge in [-0.25, -0.2) is 28.1 Å². The summed E-state index contributed by atoms with van der Waals surface area (Å²) in [7, 11) is -3.63. The Morgan fingerprint density at radius 1 is 1.29 bits per heavy atom. The number of hydrogen-bond donors (Lipinski definition) is 3. The monoisotopic (exact) mass is 254 g/mol. The van der Waals surface area contributed by atoms with Crippen LogP contribution in [0.3, 0.4) is 0 Å². The summed E-state index contributed by atoms with van der Waals surface area (Å²) in [5, 5.41) is 0. The molecule has 0 aliphatic heterocycles. The number of anilines is 1. The Labute approximate surface area is 97.4 Å². The lowest BCUT2D eigenvalue weighted by molar-refractivity contribution is 0.579. The number of nitrogens with one attached hydrogen (secondary N) is 2. The first-order chi connectivity index (χ1) is 8.08. The predicted octanol–water partition coefficient (Wildman–Crippen LogP) is -0.740. The quantitative estimate of drug-likeness (QED) is 0.659. The molecule has 0 amide bonds. The van der Waals surface area contributed by atoms with Crippen LogP contribution in [0.1, 0.15) is 5.69 Å². The summed E-state index contributed by atoms with van der Waals surface area (Å²) in [5.41, 5.74) is 5.93. The molecule has 0 aliphatic rings. The van der Waals surface area contributed by atoms with E-state index >= 15 is 0 Å². The standard InChI is InChI=1S/C8H10N6O2S/c9-8-11-3-7(4-12-8)17(15,16)14-2-6-1-10-5-13-6/h1,3-5,14H,2H2,(H,10,13)(H2,9,11,12). The van der Waals surface area contributed by atoms with E-state index in [1.807, 2.05) is 0 Å². The summed E-state index contributed by atoms with van der Waals surface area (Å²) in [4.78, 5) is 13.8. The van der Waals surface area contributed by atoms with Gasteiger partial charge in [0.1, 0.15) is 4.90 Å². The van der Waals surface area contributed by atoms with Crippen LogP contribution < -0.4 is 10.5 Å².